The summed E-state index contributed by atoms with van der Waals surface area (Å²) in [5, 5.41) is 1.93. The van der Waals surface area contributed by atoms with E-state index in [9.17, 15) is 9.59 Å². The van der Waals surface area contributed by atoms with Crippen LogP contribution in [0.15, 0.2) is 36.4 Å². The molecule has 104 valence electrons. The van der Waals surface area contributed by atoms with Crippen molar-refractivity contribution in [1.29, 1.82) is 0 Å². The second-order valence-corrected chi connectivity index (χ2v) is 5.41. The highest BCUT2D eigenvalue weighted by Gasteiger charge is 2.32. The Hall–Kier alpha value is -2.16. The van der Waals surface area contributed by atoms with Crippen LogP contribution < -0.4 is 0 Å². The number of Topliss-reactive ketones (excluding diaryl/α,β-unsaturated/α-hetero) is 1. The highest BCUT2D eigenvalue weighted by molar-refractivity contribution is 6.12. The molecular formula is C17H18O3. The molecule has 0 aliphatic rings. The first-order chi connectivity index (χ1) is 9.33. The number of benzene rings is 2. The van der Waals surface area contributed by atoms with E-state index in [1.807, 2.05) is 37.3 Å². The van der Waals surface area contributed by atoms with Gasteiger partial charge in [-0.3, -0.25) is 9.59 Å². The van der Waals surface area contributed by atoms with E-state index in [0.29, 0.717) is 5.56 Å². The number of aryl methyl sites for hydroxylation is 1. The number of hydrogen-bond donors (Lipinski definition) is 0. The topological polar surface area (TPSA) is 43.4 Å². The summed E-state index contributed by atoms with van der Waals surface area (Å²) in [6, 6.07) is 11.5. The maximum absolute atomic E-state index is 12.6. The highest BCUT2D eigenvalue weighted by Crippen LogP contribution is 2.26. The van der Waals surface area contributed by atoms with Crippen molar-refractivity contribution in [2.45, 2.75) is 33.3 Å². The van der Waals surface area contributed by atoms with Crippen molar-refractivity contribution in [2.75, 3.05) is 0 Å². The molecule has 0 saturated carbocycles. The van der Waals surface area contributed by atoms with E-state index in [1.54, 1.807) is 19.9 Å². The number of hydrogen-bond acceptors (Lipinski definition) is 3. The van der Waals surface area contributed by atoms with E-state index in [0.717, 1.165) is 16.3 Å². The highest BCUT2D eigenvalue weighted by atomic mass is 16.6. The maximum atomic E-state index is 12.6. The number of ether oxygens (including phenoxy) is 1. The van der Waals surface area contributed by atoms with Gasteiger partial charge in [-0.05, 0) is 37.1 Å². The van der Waals surface area contributed by atoms with Gasteiger partial charge in [-0.15, -0.1) is 0 Å². The van der Waals surface area contributed by atoms with Crippen molar-refractivity contribution in [3.63, 3.8) is 0 Å². The lowest BCUT2D eigenvalue weighted by molar-refractivity contribution is -0.149. The zero-order valence-corrected chi connectivity index (χ0v) is 12.2. The molecule has 0 N–H and O–H groups in total. The van der Waals surface area contributed by atoms with Crippen LogP contribution in [-0.4, -0.2) is 17.4 Å². The molecule has 2 aromatic rings. The molecular weight excluding hydrogens is 252 g/mol. The number of rotatable bonds is 3. The lowest BCUT2D eigenvalue weighted by atomic mass is 9.91. The number of carbonyl (C=O) groups excluding carboxylic acids is 2. The molecule has 0 heterocycles. The second-order valence-electron chi connectivity index (χ2n) is 5.41. The molecule has 0 aromatic heterocycles. The van der Waals surface area contributed by atoms with Gasteiger partial charge in [0.2, 0.25) is 5.78 Å². The molecule has 3 nitrogen and oxygen atoms in total. The SMILES string of the molecule is CC(=O)OC(C)(C)C(=O)c1ccc(C)c2ccccc12. The molecule has 0 aliphatic carbocycles. The Morgan fingerprint density at radius 1 is 1.00 bits per heavy atom. The van der Waals surface area contributed by atoms with E-state index >= 15 is 0 Å². The van der Waals surface area contributed by atoms with Crippen LogP contribution in [0.4, 0.5) is 0 Å². The average Bonchev–Trinajstić information content (AvgIpc) is 2.37. The third kappa shape index (κ3) is 2.57. The molecule has 3 heteroatoms. The van der Waals surface area contributed by atoms with Gasteiger partial charge >= 0.3 is 5.97 Å². The first-order valence-electron chi connectivity index (χ1n) is 6.55. The van der Waals surface area contributed by atoms with Gasteiger partial charge in [0.15, 0.2) is 5.60 Å². The Kier molecular flexibility index (Phi) is 3.62. The average molecular weight is 270 g/mol. The number of carbonyl (C=O) groups is 2. The van der Waals surface area contributed by atoms with Crippen LogP contribution in [0.2, 0.25) is 0 Å². The Morgan fingerprint density at radius 3 is 2.20 bits per heavy atom. The third-order valence-corrected chi connectivity index (χ3v) is 3.33. The van der Waals surface area contributed by atoms with E-state index < -0.39 is 11.6 Å². The Morgan fingerprint density at radius 2 is 1.60 bits per heavy atom. The molecule has 0 spiro atoms. The summed E-state index contributed by atoms with van der Waals surface area (Å²) < 4.78 is 5.14. The van der Waals surface area contributed by atoms with Gasteiger partial charge in [0.05, 0.1) is 0 Å². The lowest BCUT2D eigenvalue weighted by Gasteiger charge is -2.23. The van der Waals surface area contributed by atoms with Crippen molar-refractivity contribution in [3.8, 4) is 0 Å². The van der Waals surface area contributed by atoms with Gasteiger partial charge in [-0.1, -0.05) is 36.4 Å². The van der Waals surface area contributed by atoms with Crippen LogP contribution >= 0.6 is 0 Å². The lowest BCUT2D eigenvalue weighted by Crippen LogP contribution is -2.36. The van der Waals surface area contributed by atoms with Gasteiger partial charge in [0.1, 0.15) is 0 Å². The quantitative estimate of drug-likeness (QED) is 0.631. The Labute approximate surface area is 118 Å². The van der Waals surface area contributed by atoms with E-state index in [4.69, 9.17) is 4.74 Å². The monoisotopic (exact) mass is 270 g/mol. The molecule has 20 heavy (non-hydrogen) atoms. The van der Waals surface area contributed by atoms with Crippen LogP contribution in [0.3, 0.4) is 0 Å². The second kappa shape index (κ2) is 5.08. The fourth-order valence-corrected chi connectivity index (χ4v) is 2.38. The fraction of sp³-hybridized carbons (Fsp3) is 0.294. The third-order valence-electron chi connectivity index (χ3n) is 3.33. The summed E-state index contributed by atoms with van der Waals surface area (Å²) in [5.74, 6) is -0.649. The van der Waals surface area contributed by atoms with Crippen LogP contribution in [0.1, 0.15) is 36.7 Å². The minimum absolute atomic E-state index is 0.191. The van der Waals surface area contributed by atoms with Crippen molar-refractivity contribution in [1.82, 2.24) is 0 Å². The molecule has 0 radical (unpaired) electrons. The normalized spacial score (nSPS) is 11.4. The van der Waals surface area contributed by atoms with E-state index in [-0.39, 0.29) is 5.78 Å². The van der Waals surface area contributed by atoms with Crippen molar-refractivity contribution < 1.29 is 14.3 Å². The summed E-state index contributed by atoms with van der Waals surface area (Å²) in [4.78, 5) is 23.8. The molecule has 0 aliphatic heterocycles. The van der Waals surface area contributed by atoms with Gasteiger partial charge in [-0.2, -0.15) is 0 Å². The number of ketones is 1. The molecule has 0 atom stereocenters. The molecule has 2 aromatic carbocycles. The molecule has 2 rings (SSSR count). The zero-order chi connectivity index (χ0) is 14.9. The van der Waals surface area contributed by atoms with Gasteiger partial charge in [-0.25, -0.2) is 0 Å². The number of fused-ring (bicyclic) bond motifs is 1. The zero-order valence-electron chi connectivity index (χ0n) is 12.2. The van der Waals surface area contributed by atoms with Crippen LogP contribution in [0, 0.1) is 6.92 Å². The first-order valence-corrected chi connectivity index (χ1v) is 6.55. The predicted octanol–water partition coefficient (Wildman–Crippen LogP) is 3.67. The fourth-order valence-electron chi connectivity index (χ4n) is 2.38. The van der Waals surface area contributed by atoms with Crippen LogP contribution in [0.5, 0.6) is 0 Å². The van der Waals surface area contributed by atoms with Crippen molar-refractivity contribution in [2.24, 2.45) is 0 Å². The summed E-state index contributed by atoms with van der Waals surface area (Å²) in [6.07, 6.45) is 0. The van der Waals surface area contributed by atoms with E-state index in [2.05, 4.69) is 0 Å². The summed E-state index contributed by atoms with van der Waals surface area (Å²) in [6.45, 7) is 6.55. The minimum Gasteiger partial charge on any atom is -0.451 e. The summed E-state index contributed by atoms with van der Waals surface area (Å²) in [7, 11) is 0. The number of esters is 1. The minimum atomic E-state index is -1.16. The first kappa shape index (κ1) is 14.3. The standard InChI is InChI=1S/C17H18O3/c1-11-9-10-15(14-8-6-5-7-13(11)14)16(19)17(3,4)20-12(2)18/h5-10H,1-4H3. The maximum Gasteiger partial charge on any atom is 0.303 e. The molecule has 0 unspecified atom stereocenters. The smallest absolute Gasteiger partial charge is 0.303 e. The van der Waals surface area contributed by atoms with Gasteiger partial charge in [0, 0.05) is 12.5 Å². The largest absolute Gasteiger partial charge is 0.451 e. The molecule has 0 saturated heterocycles. The van der Waals surface area contributed by atoms with Gasteiger partial charge < -0.3 is 4.74 Å². The van der Waals surface area contributed by atoms with E-state index in [1.165, 1.54) is 6.92 Å². The van der Waals surface area contributed by atoms with Crippen molar-refractivity contribution in [3.05, 3.63) is 47.5 Å². The van der Waals surface area contributed by atoms with Crippen LogP contribution in [0.25, 0.3) is 10.8 Å². The summed E-state index contributed by atoms with van der Waals surface area (Å²) >= 11 is 0. The molecule has 0 bridgehead atoms. The molecule has 0 amide bonds. The Bertz CT molecular complexity index is 684. The summed E-state index contributed by atoms with van der Waals surface area (Å²) in [5.41, 5.74) is 0.532. The van der Waals surface area contributed by atoms with Gasteiger partial charge in [0.25, 0.3) is 0 Å². The molecule has 0 fully saturated rings. The van der Waals surface area contributed by atoms with Crippen molar-refractivity contribution >= 4 is 22.5 Å². The Balaban J connectivity index is 2.56. The van der Waals surface area contributed by atoms with Crippen LogP contribution in [-0.2, 0) is 9.53 Å². The predicted molar refractivity (Wildman–Crippen MR) is 78.9 cm³/mol.